The fraction of sp³-hybridized carbons (Fsp3) is 0.556. The smallest absolute Gasteiger partial charge is 0.248 e. The highest BCUT2D eigenvalue weighted by atomic mass is 19.1. The molecule has 3 fully saturated rings. The van der Waals surface area contributed by atoms with E-state index in [1.807, 2.05) is 4.90 Å². The molecule has 1 saturated carbocycles. The molecule has 0 aromatic carbocycles. The summed E-state index contributed by atoms with van der Waals surface area (Å²) in [6, 6.07) is 0.259. The molecule has 9 nitrogen and oxygen atoms in total. The summed E-state index contributed by atoms with van der Waals surface area (Å²) in [5.74, 6) is 1.47. The van der Waals surface area contributed by atoms with Crippen molar-refractivity contribution in [3.05, 3.63) is 40.5 Å². The van der Waals surface area contributed by atoms with Crippen LogP contribution >= 0.6 is 0 Å². The highest BCUT2D eigenvalue weighted by Gasteiger charge is 2.45. The number of nitrogens with zero attached hydrogens (tertiary/aromatic N) is 5. The lowest BCUT2D eigenvalue weighted by Crippen LogP contribution is -2.47. The van der Waals surface area contributed by atoms with Gasteiger partial charge in [-0.1, -0.05) is 0 Å². The van der Waals surface area contributed by atoms with E-state index in [0.717, 1.165) is 67.5 Å². The van der Waals surface area contributed by atoms with Gasteiger partial charge in [-0.25, -0.2) is 9.37 Å². The molecule has 0 spiro atoms. The van der Waals surface area contributed by atoms with Crippen LogP contribution in [0.4, 0.5) is 10.2 Å². The molecule has 2 atom stereocenters. The van der Waals surface area contributed by atoms with Gasteiger partial charge in [0, 0.05) is 41.2 Å². The molecule has 5 aliphatic rings. The van der Waals surface area contributed by atoms with Crippen LogP contribution in [-0.2, 0) is 4.79 Å². The summed E-state index contributed by atoms with van der Waals surface area (Å²) in [6.45, 7) is 0.994. The van der Waals surface area contributed by atoms with Crippen LogP contribution in [0, 0.1) is 0 Å². The summed E-state index contributed by atoms with van der Waals surface area (Å²) >= 11 is 0. The van der Waals surface area contributed by atoms with Gasteiger partial charge in [-0.3, -0.25) is 9.79 Å². The summed E-state index contributed by atoms with van der Waals surface area (Å²) in [4.78, 5) is 23.9. The molecule has 7 rings (SSSR count). The Balaban J connectivity index is 1.28. The van der Waals surface area contributed by atoms with E-state index >= 15 is 4.39 Å². The van der Waals surface area contributed by atoms with E-state index < -0.39 is 6.61 Å². The molecule has 4 N–H and O–H groups in total. The molecular formula is C27H32FN7O2. The maximum absolute atomic E-state index is 15.2. The van der Waals surface area contributed by atoms with E-state index in [0.29, 0.717) is 48.2 Å². The van der Waals surface area contributed by atoms with Crippen LogP contribution in [0.15, 0.2) is 28.7 Å². The molecule has 2 aliphatic carbocycles. The first-order valence-electron chi connectivity index (χ1n) is 13.5. The Labute approximate surface area is 214 Å². The zero-order chi connectivity index (χ0) is 25.3. The molecule has 10 heteroatoms. The quantitative estimate of drug-likeness (QED) is 0.575. The number of anilines is 1. The Hall–Kier alpha value is -3.27. The number of halogens is 1. The molecule has 1 amide bonds. The van der Waals surface area contributed by atoms with Crippen LogP contribution in [0.5, 0.6) is 0 Å². The number of aromatic nitrogens is 3. The minimum atomic E-state index is -0.438. The Morgan fingerprint density at radius 3 is 2.59 bits per heavy atom. The fourth-order valence-corrected chi connectivity index (χ4v) is 7.00. The summed E-state index contributed by atoms with van der Waals surface area (Å²) in [5, 5.41) is 17.2. The van der Waals surface area contributed by atoms with Crippen molar-refractivity contribution in [1.82, 2.24) is 24.8 Å². The number of piperidine rings is 1. The number of carbonyl (C=O) groups excluding carboxylic acids is 1. The van der Waals surface area contributed by atoms with Gasteiger partial charge in [0.2, 0.25) is 5.91 Å². The predicted octanol–water partition coefficient (Wildman–Crippen LogP) is 2.82. The van der Waals surface area contributed by atoms with Crippen LogP contribution in [0.25, 0.3) is 11.2 Å². The van der Waals surface area contributed by atoms with Crippen LogP contribution in [0.2, 0.25) is 0 Å². The maximum Gasteiger partial charge on any atom is 0.248 e. The average Bonchev–Trinajstić information content (AvgIpc) is 3.29. The van der Waals surface area contributed by atoms with E-state index in [4.69, 9.17) is 10.7 Å². The Kier molecular flexibility index (Phi) is 5.35. The molecule has 0 radical (unpaired) electrons. The number of nitrogens with one attached hydrogen (secondary N) is 1. The number of aliphatic imine (C=N–C) groups is 1. The summed E-state index contributed by atoms with van der Waals surface area (Å²) in [6.07, 6.45) is 10.4. The van der Waals surface area contributed by atoms with E-state index in [1.165, 1.54) is 0 Å². The van der Waals surface area contributed by atoms with Gasteiger partial charge in [-0.05, 0) is 68.9 Å². The molecule has 2 aromatic heterocycles. The first-order chi connectivity index (χ1) is 18.0. The van der Waals surface area contributed by atoms with Crippen LogP contribution < -0.4 is 11.1 Å². The molecular weight excluding hydrogens is 473 g/mol. The van der Waals surface area contributed by atoms with Crippen molar-refractivity contribution in [2.24, 2.45) is 4.99 Å². The normalized spacial score (nSPS) is 27.5. The summed E-state index contributed by atoms with van der Waals surface area (Å²) < 4.78 is 16.9. The van der Waals surface area contributed by atoms with Crippen molar-refractivity contribution in [3.8, 4) is 0 Å². The minimum absolute atomic E-state index is 0.130. The molecule has 194 valence electrons. The first kappa shape index (κ1) is 22.9. The standard InChI is InChI=1S/C27H32FN7O2/c28-21-11-15(3-6-19(21)26-30-7-8-31-26)20-12-32-35-25(29)23(14-1-2-14)24(33-27(20)35)16-9-17-4-5-18(10-16)34(17)22(37)13-36/h11-12,14,16-18,36H,1-10,13,29H2,(H,30,31). The van der Waals surface area contributed by atoms with E-state index in [2.05, 4.69) is 15.4 Å². The lowest BCUT2D eigenvalue weighted by molar-refractivity contribution is -0.138. The third kappa shape index (κ3) is 3.67. The van der Waals surface area contributed by atoms with Gasteiger partial charge < -0.3 is 21.1 Å². The number of amides is 1. The zero-order valence-electron chi connectivity index (χ0n) is 20.8. The topological polar surface area (TPSA) is 121 Å². The predicted molar refractivity (Wildman–Crippen MR) is 138 cm³/mol. The number of hydrogen-bond donors (Lipinski definition) is 3. The Morgan fingerprint density at radius 1 is 1.16 bits per heavy atom. The van der Waals surface area contributed by atoms with Crippen LogP contribution in [0.1, 0.15) is 80.0 Å². The van der Waals surface area contributed by atoms with Crippen molar-refractivity contribution in [2.45, 2.75) is 75.3 Å². The van der Waals surface area contributed by atoms with Gasteiger partial charge in [0.05, 0.1) is 18.4 Å². The number of hydrogen-bond acceptors (Lipinski definition) is 7. The minimum Gasteiger partial charge on any atom is -0.387 e. The third-order valence-electron chi connectivity index (χ3n) is 8.82. The monoisotopic (exact) mass is 505 g/mol. The van der Waals surface area contributed by atoms with Gasteiger partial charge in [0.15, 0.2) is 5.65 Å². The Bertz CT molecular complexity index is 1370. The molecule has 3 aliphatic heterocycles. The molecule has 2 bridgehead atoms. The van der Waals surface area contributed by atoms with Gasteiger partial charge >= 0.3 is 0 Å². The van der Waals surface area contributed by atoms with E-state index in [9.17, 15) is 9.90 Å². The number of aliphatic hydroxyl groups is 1. The van der Waals surface area contributed by atoms with E-state index in [-0.39, 0.29) is 29.7 Å². The second-order valence-electron chi connectivity index (χ2n) is 11.0. The molecule has 2 saturated heterocycles. The third-order valence-corrected chi connectivity index (χ3v) is 8.82. The van der Waals surface area contributed by atoms with Gasteiger partial charge in [0.25, 0.3) is 0 Å². The number of aliphatic hydroxyl groups excluding tert-OH is 1. The summed E-state index contributed by atoms with van der Waals surface area (Å²) in [5.41, 5.74) is 11.9. The second kappa shape index (κ2) is 8.65. The van der Waals surface area contributed by atoms with Crippen LogP contribution in [-0.4, -0.2) is 68.1 Å². The zero-order valence-corrected chi connectivity index (χ0v) is 20.8. The number of fused-ring (bicyclic) bond motifs is 3. The van der Waals surface area contributed by atoms with Crippen molar-refractivity contribution >= 4 is 28.8 Å². The molecule has 2 aromatic rings. The SMILES string of the molecule is Nc1c(C2CC2)c(C2CC3CCC(C2)N3C(=O)CO)nc2c(C3=CC(F)=C(C4=NCCN4)CC3)cnn12. The maximum atomic E-state index is 15.2. The number of amidine groups is 1. The number of allylic oxidation sites excluding steroid dienone is 3. The molecule has 2 unspecified atom stereocenters. The second-order valence-corrected chi connectivity index (χ2v) is 11.0. The highest BCUT2D eigenvalue weighted by Crippen LogP contribution is 2.50. The van der Waals surface area contributed by atoms with Crippen molar-refractivity contribution < 1.29 is 14.3 Å². The average molecular weight is 506 g/mol. The summed E-state index contributed by atoms with van der Waals surface area (Å²) in [7, 11) is 0. The Morgan fingerprint density at radius 2 is 1.95 bits per heavy atom. The first-order valence-corrected chi connectivity index (χ1v) is 13.5. The molecule has 37 heavy (non-hydrogen) atoms. The number of carbonyl (C=O) groups is 1. The van der Waals surface area contributed by atoms with Crippen molar-refractivity contribution in [3.63, 3.8) is 0 Å². The lowest BCUT2D eigenvalue weighted by Gasteiger charge is -2.39. The number of nitrogen functional groups attached to an aromatic ring is 1. The van der Waals surface area contributed by atoms with Crippen molar-refractivity contribution in [2.75, 3.05) is 25.4 Å². The lowest BCUT2D eigenvalue weighted by atomic mass is 9.85. The number of nitrogens with two attached hydrogens (primary N) is 1. The number of rotatable bonds is 5. The van der Waals surface area contributed by atoms with Gasteiger partial charge in [-0.2, -0.15) is 9.61 Å². The van der Waals surface area contributed by atoms with Crippen molar-refractivity contribution in [1.29, 1.82) is 0 Å². The van der Waals surface area contributed by atoms with Gasteiger partial charge in [-0.15, -0.1) is 0 Å². The molecule has 5 heterocycles. The van der Waals surface area contributed by atoms with E-state index in [1.54, 1.807) is 16.8 Å². The van der Waals surface area contributed by atoms with Crippen LogP contribution in [0.3, 0.4) is 0 Å². The van der Waals surface area contributed by atoms with Gasteiger partial charge in [0.1, 0.15) is 24.1 Å². The highest BCUT2D eigenvalue weighted by molar-refractivity contribution is 6.01. The fourth-order valence-electron chi connectivity index (χ4n) is 7.00. The largest absolute Gasteiger partial charge is 0.387 e.